The van der Waals surface area contributed by atoms with Gasteiger partial charge in [0.15, 0.2) is 5.11 Å². The van der Waals surface area contributed by atoms with Crippen molar-refractivity contribution in [2.24, 2.45) is 0 Å². The number of hydrogen-bond donors (Lipinski definition) is 3. The minimum absolute atomic E-state index is 0.0321. The molecule has 1 rings (SSSR count). The Bertz CT molecular complexity index is 293. The molecule has 1 aliphatic carbocycles. The molecule has 0 spiro atoms. The summed E-state index contributed by atoms with van der Waals surface area (Å²) in [6, 6.07) is 0.476. The highest BCUT2D eigenvalue weighted by molar-refractivity contribution is 7.80. The molecular formula is C13H25N3OS. The van der Waals surface area contributed by atoms with Gasteiger partial charge in [0.05, 0.1) is 6.54 Å². The highest BCUT2D eigenvalue weighted by Crippen LogP contribution is 2.17. The average Bonchev–Trinajstić information content (AvgIpc) is 2.25. The molecule has 1 fully saturated rings. The standard InChI is InChI=1S/C13H25N3OS/c1-13(2,3)16-11(17)9-14-12(18)15-10-7-5-4-6-8-10/h10H,4-9H2,1-3H3,(H,16,17)(H2,14,15,18). The molecule has 0 atom stereocenters. The maximum Gasteiger partial charge on any atom is 0.239 e. The third-order valence-electron chi connectivity index (χ3n) is 2.86. The van der Waals surface area contributed by atoms with Gasteiger partial charge in [-0.1, -0.05) is 19.3 Å². The largest absolute Gasteiger partial charge is 0.360 e. The lowest BCUT2D eigenvalue weighted by atomic mass is 9.96. The molecule has 0 aromatic heterocycles. The van der Waals surface area contributed by atoms with Crippen molar-refractivity contribution < 1.29 is 4.79 Å². The predicted molar refractivity (Wildman–Crippen MR) is 78.5 cm³/mol. The second-order valence-electron chi connectivity index (χ2n) is 5.96. The summed E-state index contributed by atoms with van der Waals surface area (Å²) in [5.41, 5.74) is -0.197. The van der Waals surface area contributed by atoms with Crippen molar-refractivity contribution in [1.82, 2.24) is 16.0 Å². The summed E-state index contributed by atoms with van der Waals surface area (Å²) in [7, 11) is 0. The first-order valence-electron chi connectivity index (χ1n) is 6.72. The number of rotatable bonds is 3. The fourth-order valence-electron chi connectivity index (χ4n) is 2.11. The van der Waals surface area contributed by atoms with Crippen molar-refractivity contribution in [3.8, 4) is 0 Å². The van der Waals surface area contributed by atoms with E-state index in [0.29, 0.717) is 11.2 Å². The summed E-state index contributed by atoms with van der Waals surface area (Å²) < 4.78 is 0. The first-order chi connectivity index (χ1) is 8.37. The molecule has 4 nitrogen and oxygen atoms in total. The van der Waals surface area contributed by atoms with Crippen LogP contribution in [0.1, 0.15) is 52.9 Å². The highest BCUT2D eigenvalue weighted by Gasteiger charge is 2.16. The lowest BCUT2D eigenvalue weighted by molar-refractivity contribution is -0.121. The van der Waals surface area contributed by atoms with Gasteiger partial charge in [0.25, 0.3) is 0 Å². The number of amides is 1. The summed E-state index contributed by atoms with van der Waals surface area (Å²) >= 11 is 5.19. The van der Waals surface area contributed by atoms with Crippen LogP contribution < -0.4 is 16.0 Å². The van der Waals surface area contributed by atoms with Crippen molar-refractivity contribution in [2.75, 3.05) is 6.54 Å². The molecule has 0 aliphatic heterocycles. The third-order valence-corrected chi connectivity index (χ3v) is 3.13. The lowest BCUT2D eigenvalue weighted by Gasteiger charge is -2.25. The Morgan fingerprint density at radius 1 is 1.22 bits per heavy atom. The van der Waals surface area contributed by atoms with Gasteiger partial charge in [-0.2, -0.15) is 0 Å². The van der Waals surface area contributed by atoms with E-state index < -0.39 is 0 Å². The van der Waals surface area contributed by atoms with E-state index in [4.69, 9.17) is 12.2 Å². The highest BCUT2D eigenvalue weighted by atomic mass is 32.1. The van der Waals surface area contributed by atoms with Crippen LogP contribution in [0, 0.1) is 0 Å². The fraction of sp³-hybridized carbons (Fsp3) is 0.846. The quantitative estimate of drug-likeness (QED) is 0.684. The van der Waals surface area contributed by atoms with Gasteiger partial charge in [-0.15, -0.1) is 0 Å². The van der Waals surface area contributed by atoms with Gasteiger partial charge in [0, 0.05) is 11.6 Å². The van der Waals surface area contributed by atoms with Crippen LogP contribution in [-0.2, 0) is 4.79 Å². The van der Waals surface area contributed by atoms with Crippen LogP contribution >= 0.6 is 12.2 Å². The Hall–Kier alpha value is -0.840. The Morgan fingerprint density at radius 2 is 1.83 bits per heavy atom. The van der Waals surface area contributed by atoms with Gasteiger partial charge < -0.3 is 16.0 Å². The van der Waals surface area contributed by atoms with Crippen molar-refractivity contribution in [3.63, 3.8) is 0 Å². The molecule has 0 saturated heterocycles. The second kappa shape index (κ2) is 6.92. The molecule has 0 aromatic rings. The molecule has 1 saturated carbocycles. The Balaban J connectivity index is 2.18. The SMILES string of the molecule is CC(C)(C)NC(=O)CNC(=S)NC1CCCCC1. The van der Waals surface area contributed by atoms with Gasteiger partial charge in [0.1, 0.15) is 0 Å². The van der Waals surface area contributed by atoms with E-state index in [1.165, 1.54) is 32.1 Å². The Morgan fingerprint density at radius 3 is 2.39 bits per heavy atom. The smallest absolute Gasteiger partial charge is 0.239 e. The summed E-state index contributed by atoms with van der Waals surface area (Å²) in [6.07, 6.45) is 6.22. The first kappa shape index (κ1) is 15.2. The molecule has 0 aromatic carbocycles. The van der Waals surface area contributed by atoms with E-state index in [-0.39, 0.29) is 18.0 Å². The van der Waals surface area contributed by atoms with Crippen LogP contribution in [0.2, 0.25) is 0 Å². The minimum Gasteiger partial charge on any atom is -0.360 e. The first-order valence-corrected chi connectivity index (χ1v) is 7.13. The molecule has 0 unspecified atom stereocenters. The van der Waals surface area contributed by atoms with Crippen molar-refractivity contribution in [2.45, 2.75) is 64.5 Å². The van der Waals surface area contributed by atoms with Crippen LogP contribution in [0.4, 0.5) is 0 Å². The van der Waals surface area contributed by atoms with Gasteiger partial charge in [-0.3, -0.25) is 4.79 Å². The van der Waals surface area contributed by atoms with Crippen molar-refractivity contribution in [1.29, 1.82) is 0 Å². The monoisotopic (exact) mass is 271 g/mol. The topological polar surface area (TPSA) is 53.2 Å². The van der Waals surface area contributed by atoms with Crippen LogP contribution in [-0.4, -0.2) is 29.1 Å². The maximum atomic E-state index is 11.6. The van der Waals surface area contributed by atoms with E-state index >= 15 is 0 Å². The van der Waals surface area contributed by atoms with E-state index in [0.717, 1.165) is 0 Å². The van der Waals surface area contributed by atoms with Gasteiger partial charge in [-0.05, 0) is 45.8 Å². The Kier molecular flexibility index (Phi) is 5.85. The van der Waals surface area contributed by atoms with Crippen LogP contribution in [0.3, 0.4) is 0 Å². The zero-order valence-electron chi connectivity index (χ0n) is 11.6. The third kappa shape index (κ3) is 6.79. The summed E-state index contributed by atoms with van der Waals surface area (Å²) in [5.74, 6) is -0.0321. The second-order valence-corrected chi connectivity index (χ2v) is 6.37. The fourth-order valence-corrected chi connectivity index (χ4v) is 2.35. The normalized spacial score (nSPS) is 17.1. The lowest BCUT2D eigenvalue weighted by Crippen LogP contribution is -2.49. The maximum absolute atomic E-state index is 11.6. The average molecular weight is 271 g/mol. The molecule has 3 N–H and O–H groups in total. The summed E-state index contributed by atoms with van der Waals surface area (Å²) in [4.78, 5) is 11.6. The number of hydrogen-bond acceptors (Lipinski definition) is 2. The molecule has 1 amide bonds. The number of carbonyl (C=O) groups is 1. The van der Waals surface area contributed by atoms with Gasteiger partial charge in [0.2, 0.25) is 5.91 Å². The molecule has 104 valence electrons. The van der Waals surface area contributed by atoms with E-state index in [9.17, 15) is 4.79 Å². The number of nitrogens with one attached hydrogen (secondary N) is 3. The van der Waals surface area contributed by atoms with E-state index in [1.54, 1.807) is 0 Å². The molecule has 5 heteroatoms. The summed E-state index contributed by atoms with van der Waals surface area (Å²) in [6.45, 7) is 6.12. The van der Waals surface area contributed by atoms with Crippen molar-refractivity contribution in [3.05, 3.63) is 0 Å². The van der Waals surface area contributed by atoms with Gasteiger partial charge >= 0.3 is 0 Å². The number of thiocarbonyl (C=S) groups is 1. The van der Waals surface area contributed by atoms with Crippen molar-refractivity contribution >= 4 is 23.2 Å². The van der Waals surface area contributed by atoms with E-state index in [2.05, 4.69) is 16.0 Å². The Labute approximate surface area is 115 Å². The molecule has 1 aliphatic rings. The minimum atomic E-state index is -0.197. The molecule has 0 radical (unpaired) electrons. The molecule has 0 bridgehead atoms. The van der Waals surface area contributed by atoms with E-state index in [1.807, 2.05) is 20.8 Å². The van der Waals surface area contributed by atoms with Crippen LogP contribution in [0.5, 0.6) is 0 Å². The zero-order chi connectivity index (χ0) is 13.6. The molecule has 18 heavy (non-hydrogen) atoms. The molecule has 0 heterocycles. The predicted octanol–water partition coefficient (Wildman–Crippen LogP) is 1.70. The summed E-state index contributed by atoms with van der Waals surface area (Å²) in [5, 5.41) is 9.72. The van der Waals surface area contributed by atoms with Crippen LogP contribution in [0.25, 0.3) is 0 Å². The molecular weight excluding hydrogens is 246 g/mol. The van der Waals surface area contributed by atoms with Crippen LogP contribution in [0.15, 0.2) is 0 Å². The zero-order valence-corrected chi connectivity index (χ0v) is 12.5. The van der Waals surface area contributed by atoms with Gasteiger partial charge in [-0.25, -0.2) is 0 Å². The number of carbonyl (C=O) groups excluding carboxylic acids is 1.